The SMILES string of the molecule is CC(C)CCC(C)N1CCC(n2cc(C3CC3)nn2)CC1. The molecule has 0 N–H and O–H groups in total. The Morgan fingerprint density at radius 3 is 2.43 bits per heavy atom. The van der Waals surface area contributed by atoms with Gasteiger partial charge in [0, 0.05) is 31.2 Å². The summed E-state index contributed by atoms with van der Waals surface area (Å²) >= 11 is 0. The van der Waals surface area contributed by atoms with E-state index in [2.05, 4.69) is 46.9 Å². The third-order valence-electron chi connectivity index (χ3n) is 5.18. The molecule has 2 fully saturated rings. The first kappa shape index (κ1) is 15.0. The van der Waals surface area contributed by atoms with Crippen LogP contribution in [0.2, 0.25) is 0 Å². The Kier molecular flexibility index (Phi) is 4.63. The summed E-state index contributed by atoms with van der Waals surface area (Å²) in [6, 6.07) is 1.30. The zero-order valence-corrected chi connectivity index (χ0v) is 13.8. The molecule has 1 aromatic heterocycles. The zero-order valence-electron chi connectivity index (χ0n) is 13.8. The fourth-order valence-electron chi connectivity index (χ4n) is 3.38. The van der Waals surface area contributed by atoms with E-state index in [1.54, 1.807) is 0 Å². The molecule has 0 spiro atoms. The van der Waals surface area contributed by atoms with Crippen LogP contribution in [-0.2, 0) is 0 Å². The van der Waals surface area contributed by atoms with Crippen LogP contribution in [0, 0.1) is 5.92 Å². The normalized spacial score (nSPS) is 22.9. The number of piperidine rings is 1. The number of aromatic nitrogens is 3. The van der Waals surface area contributed by atoms with Crippen molar-refractivity contribution in [3.05, 3.63) is 11.9 Å². The molecule has 1 aromatic rings. The molecule has 0 aromatic carbocycles. The van der Waals surface area contributed by atoms with Crippen molar-refractivity contribution in [3.8, 4) is 0 Å². The standard InChI is InChI=1S/C17H30N4/c1-13(2)4-5-14(3)20-10-8-16(9-11-20)21-12-17(18-19-21)15-6-7-15/h12-16H,4-11H2,1-3H3. The van der Waals surface area contributed by atoms with Gasteiger partial charge in [-0.15, -0.1) is 5.10 Å². The van der Waals surface area contributed by atoms with Crippen LogP contribution in [-0.4, -0.2) is 39.0 Å². The minimum absolute atomic E-state index is 0.568. The highest BCUT2D eigenvalue weighted by atomic mass is 15.4. The lowest BCUT2D eigenvalue weighted by molar-refractivity contribution is 0.129. The quantitative estimate of drug-likeness (QED) is 0.802. The lowest BCUT2D eigenvalue weighted by Crippen LogP contribution is -2.40. The average molecular weight is 290 g/mol. The van der Waals surface area contributed by atoms with Crippen molar-refractivity contribution < 1.29 is 0 Å². The Hall–Kier alpha value is -0.900. The van der Waals surface area contributed by atoms with Crippen molar-refractivity contribution in [1.29, 1.82) is 0 Å². The second-order valence-electron chi connectivity index (χ2n) is 7.49. The minimum atomic E-state index is 0.568. The largest absolute Gasteiger partial charge is 0.301 e. The molecule has 0 radical (unpaired) electrons. The molecule has 1 unspecified atom stereocenters. The van der Waals surface area contributed by atoms with Gasteiger partial charge >= 0.3 is 0 Å². The van der Waals surface area contributed by atoms with Crippen molar-refractivity contribution in [1.82, 2.24) is 19.9 Å². The molecule has 1 saturated heterocycles. The second-order valence-corrected chi connectivity index (χ2v) is 7.49. The average Bonchev–Trinajstić information content (AvgIpc) is 3.22. The second kappa shape index (κ2) is 6.47. The number of rotatable bonds is 6. The summed E-state index contributed by atoms with van der Waals surface area (Å²) in [7, 11) is 0. The predicted molar refractivity (Wildman–Crippen MR) is 85.4 cm³/mol. The molecule has 2 heterocycles. The molecule has 118 valence electrons. The molecule has 1 atom stereocenters. The highest BCUT2D eigenvalue weighted by Crippen LogP contribution is 2.39. The van der Waals surface area contributed by atoms with Crippen LogP contribution in [0.3, 0.4) is 0 Å². The van der Waals surface area contributed by atoms with Crippen LogP contribution in [0.1, 0.15) is 76.9 Å². The Morgan fingerprint density at radius 2 is 1.81 bits per heavy atom. The van der Waals surface area contributed by atoms with E-state index < -0.39 is 0 Å². The number of hydrogen-bond acceptors (Lipinski definition) is 3. The fourth-order valence-corrected chi connectivity index (χ4v) is 3.38. The van der Waals surface area contributed by atoms with E-state index in [1.807, 2.05) is 0 Å². The maximum atomic E-state index is 4.38. The van der Waals surface area contributed by atoms with Crippen LogP contribution < -0.4 is 0 Å². The Balaban J connectivity index is 1.47. The molecule has 1 aliphatic carbocycles. The van der Waals surface area contributed by atoms with Gasteiger partial charge < -0.3 is 4.90 Å². The lowest BCUT2D eigenvalue weighted by Gasteiger charge is -2.36. The van der Waals surface area contributed by atoms with Gasteiger partial charge in [-0.2, -0.15) is 0 Å². The van der Waals surface area contributed by atoms with Crippen LogP contribution in [0.4, 0.5) is 0 Å². The van der Waals surface area contributed by atoms with E-state index in [1.165, 1.54) is 57.3 Å². The van der Waals surface area contributed by atoms with Crippen molar-refractivity contribution in [2.45, 2.75) is 77.3 Å². The van der Waals surface area contributed by atoms with Crippen molar-refractivity contribution in [2.24, 2.45) is 5.92 Å². The first-order chi connectivity index (χ1) is 10.1. The Morgan fingerprint density at radius 1 is 1.10 bits per heavy atom. The maximum absolute atomic E-state index is 4.38. The van der Waals surface area contributed by atoms with Crippen LogP contribution in [0.25, 0.3) is 0 Å². The van der Waals surface area contributed by atoms with Gasteiger partial charge in [0.2, 0.25) is 0 Å². The summed E-state index contributed by atoms with van der Waals surface area (Å²) in [5.41, 5.74) is 1.22. The topological polar surface area (TPSA) is 34.0 Å². The molecule has 4 heteroatoms. The van der Waals surface area contributed by atoms with Gasteiger partial charge in [-0.25, -0.2) is 4.68 Å². The van der Waals surface area contributed by atoms with Gasteiger partial charge in [0.1, 0.15) is 0 Å². The molecule has 2 aliphatic rings. The molecule has 21 heavy (non-hydrogen) atoms. The van der Waals surface area contributed by atoms with E-state index in [9.17, 15) is 0 Å². The molecule has 3 rings (SSSR count). The lowest BCUT2D eigenvalue weighted by atomic mass is 9.99. The van der Waals surface area contributed by atoms with Crippen LogP contribution >= 0.6 is 0 Å². The van der Waals surface area contributed by atoms with Crippen molar-refractivity contribution >= 4 is 0 Å². The Bertz CT molecular complexity index is 441. The first-order valence-corrected chi connectivity index (χ1v) is 8.79. The highest BCUT2D eigenvalue weighted by Gasteiger charge is 2.29. The van der Waals surface area contributed by atoms with Crippen molar-refractivity contribution in [2.75, 3.05) is 13.1 Å². The Labute approximate surface area is 128 Å². The fraction of sp³-hybridized carbons (Fsp3) is 0.882. The van der Waals surface area contributed by atoms with E-state index in [0.29, 0.717) is 6.04 Å². The zero-order chi connectivity index (χ0) is 14.8. The van der Waals surface area contributed by atoms with Gasteiger partial charge in [0.15, 0.2) is 0 Å². The maximum Gasteiger partial charge on any atom is 0.0858 e. The molecular weight excluding hydrogens is 260 g/mol. The van der Waals surface area contributed by atoms with Gasteiger partial charge in [0.25, 0.3) is 0 Å². The monoisotopic (exact) mass is 290 g/mol. The summed E-state index contributed by atoms with van der Waals surface area (Å²) in [6.45, 7) is 9.46. The van der Waals surface area contributed by atoms with Gasteiger partial charge in [0.05, 0.1) is 11.7 Å². The summed E-state index contributed by atoms with van der Waals surface area (Å²) in [6.07, 6.45) is 9.95. The summed E-state index contributed by atoms with van der Waals surface area (Å²) in [5.74, 6) is 1.54. The number of hydrogen-bond donors (Lipinski definition) is 0. The van der Waals surface area contributed by atoms with Crippen LogP contribution in [0.5, 0.6) is 0 Å². The summed E-state index contributed by atoms with van der Waals surface area (Å²) in [4.78, 5) is 2.66. The number of nitrogens with zero attached hydrogens (tertiary/aromatic N) is 4. The highest BCUT2D eigenvalue weighted by molar-refractivity contribution is 5.09. The van der Waals surface area contributed by atoms with Gasteiger partial charge in [-0.05, 0) is 51.4 Å². The molecule has 1 aliphatic heterocycles. The molecule has 1 saturated carbocycles. The third-order valence-corrected chi connectivity index (χ3v) is 5.18. The molecular formula is C17H30N4. The third kappa shape index (κ3) is 3.85. The summed E-state index contributed by atoms with van der Waals surface area (Å²) in [5, 5.41) is 8.73. The van der Waals surface area contributed by atoms with Gasteiger partial charge in [-0.1, -0.05) is 19.1 Å². The predicted octanol–water partition coefficient (Wildman–Crippen LogP) is 3.62. The molecule has 4 nitrogen and oxygen atoms in total. The minimum Gasteiger partial charge on any atom is -0.301 e. The van der Waals surface area contributed by atoms with E-state index in [-0.39, 0.29) is 0 Å². The number of likely N-dealkylation sites (tertiary alicyclic amines) is 1. The van der Waals surface area contributed by atoms with Crippen molar-refractivity contribution in [3.63, 3.8) is 0 Å². The summed E-state index contributed by atoms with van der Waals surface area (Å²) < 4.78 is 2.14. The first-order valence-electron chi connectivity index (χ1n) is 8.79. The smallest absolute Gasteiger partial charge is 0.0858 e. The molecule has 0 bridgehead atoms. The molecule has 0 amide bonds. The van der Waals surface area contributed by atoms with E-state index in [0.717, 1.165) is 17.9 Å². The van der Waals surface area contributed by atoms with E-state index >= 15 is 0 Å². The van der Waals surface area contributed by atoms with Gasteiger partial charge in [-0.3, -0.25) is 0 Å². The van der Waals surface area contributed by atoms with Crippen LogP contribution in [0.15, 0.2) is 6.20 Å². The van der Waals surface area contributed by atoms with E-state index in [4.69, 9.17) is 0 Å².